The predicted octanol–water partition coefficient (Wildman–Crippen LogP) is 2.08. The third-order valence-electron chi connectivity index (χ3n) is 2.50. The standard InChI is InChI=1S/C10H10N2O6/c1-2-7(10(13)14)8-4-3-6(11(15)16)5-9(8)12(17)18/h3-5,7H,2H2,1H3,(H,13,14)/t7-/m0/s1. The van der Waals surface area contributed by atoms with Crippen molar-refractivity contribution < 1.29 is 19.7 Å². The average Bonchev–Trinajstić information content (AvgIpc) is 2.29. The molecule has 0 heterocycles. The smallest absolute Gasteiger partial charge is 0.311 e. The molecule has 1 atom stereocenters. The largest absolute Gasteiger partial charge is 0.481 e. The van der Waals surface area contributed by atoms with Gasteiger partial charge in [0.2, 0.25) is 0 Å². The number of carboxylic acid groups (broad SMARTS) is 1. The van der Waals surface area contributed by atoms with E-state index in [4.69, 9.17) is 5.11 Å². The topological polar surface area (TPSA) is 124 Å². The number of hydrogen-bond acceptors (Lipinski definition) is 5. The van der Waals surface area contributed by atoms with Crippen molar-refractivity contribution in [1.29, 1.82) is 0 Å². The Hall–Kier alpha value is -2.51. The number of non-ortho nitro benzene ring substituents is 1. The summed E-state index contributed by atoms with van der Waals surface area (Å²) in [5.74, 6) is -2.25. The van der Waals surface area contributed by atoms with Gasteiger partial charge in [-0.15, -0.1) is 0 Å². The van der Waals surface area contributed by atoms with Crippen LogP contribution in [-0.2, 0) is 4.79 Å². The van der Waals surface area contributed by atoms with E-state index in [1.807, 2.05) is 0 Å². The fourth-order valence-corrected chi connectivity index (χ4v) is 1.63. The van der Waals surface area contributed by atoms with Gasteiger partial charge in [0.05, 0.1) is 21.8 Å². The first-order chi connectivity index (χ1) is 8.38. The van der Waals surface area contributed by atoms with E-state index < -0.39 is 33.1 Å². The quantitative estimate of drug-likeness (QED) is 0.633. The minimum atomic E-state index is -1.20. The first-order valence-electron chi connectivity index (χ1n) is 5.04. The van der Waals surface area contributed by atoms with Crippen molar-refractivity contribution in [3.05, 3.63) is 44.0 Å². The van der Waals surface area contributed by atoms with Gasteiger partial charge in [-0.1, -0.05) is 6.92 Å². The molecule has 18 heavy (non-hydrogen) atoms. The molecular weight excluding hydrogens is 244 g/mol. The highest BCUT2D eigenvalue weighted by molar-refractivity contribution is 5.78. The number of carbonyl (C=O) groups is 1. The van der Waals surface area contributed by atoms with Crippen molar-refractivity contribution in [2.45, 2.75) is 19.3 Å². The molecule has 1 aromatic carbocycles. The molecule has 0 saturated heterocycles. The molecule has 8 nitrogen and oxygen atoms in total. The lowest BCUT2D eigenvalue weighted by Crippen LogP contribution is -2.12. The highest BCUT2D eigenvalue weighted by Crippen LogP contribution is 2.32. The lowest BCUT2D eigenvalue weighted by atomic mass is 9.95. The van der Waals surface area contributed by atoms with E-state index in [1.165, 1.54) is 0 Å². The number of rotatable bonds is 5. The van der Waals surface area contributed by atoms with Crippen LogP contribution >= 0.6 is 0 Å². The Morgan fingerprint density at radius 1 is 1.33 bits per heavy atom. The summed E-state index contributed by atoms with van der Waals surface area (Å²) < 4.78 is 0. The Morgan fingerprint density at radius 3 is 2.33 bits per heavy atom. The molecule has 0 aliphatic heterocycles. The van der Waals surface area contributed by atoms with E-state index in [1.54, 1.807) is 6.92 Å². The zero-order chi connectivity index (χ0) is 13.9. The lowest BCUT2D eigenvalue weighted by Gasteiger charge is -2.10. The third-order valence-corrected chi connectivity index (χ3v) is 2.50. The van der Waals surface area contributed by atoms with E-state index in [0.29, 0.717) is 0 Å². The van der Waals surface area contributed by atoms with Crippen molar-refractivity contribution in [3.63, 3.8) is 0 Å². The van der Waals surface area contributed by atoms with E-state index in [9.17, 15) is 25.0 Å². The Kier molecular flexibility index (Phi) is 3.93. The summed E-state index contributed by atoms with van der Waals surface area (Å²) in [6, 6.07) is 2.97. The van der Waals surface area contributed by atoms with Crippen LogP contribution in [0.1, 0.15) is 24.8 Å². The molecule has 0 amide bonds. The van der Waals surface area contributed by atoms with Crippen LogP contribution in [0, 0.1) is 20.2 Å². The van der Waals surface area contributed by atoms with Gasteiger partial charge in [-0.2, -0.15) is 0 Å². The van der Waals surface area contributed by atoms with E-state index in [2.05, 4.69) is 0 Å². The molecule has 8 heteroatoms. The molecule has 1 N–H and O–H groups in total. The monoisotopic (exact) mass is 254 g/mol. The van der Waals surface area contributed by atoms with E-state index in [0.717, 1.165) is 18.2 Å². The van der Waals surface area contributed by atoms with Gasteiger partial charge in [-0.05, 0) is 12.5 Å². The van der Waals surface area contributed by atoms with Crippen LogP contribution in [0.2, 0.25) is 0 Å². The van der Waals surface area contributed by atoms with Gasteiger partial charge < -0.3 is 5.11 Å². The van der Waals surface area contributed by atoms with Crippen molar-refractivity contribution in [2.75, 3.05) is 0 Å². The van der Waals surface area contributed by atoms with Gasteiger partial charge in [-0.3, -0.25) is 25.0 Å². The molecule has 96 valence electrons. The van der Waals surface area contributed by atoms with Crippen LogP contribution in [-0.4, -0.2) is 20.9 Å². The summed E-state index contributed by atoms with van der Waals surface area (Å²) in [6.45, 7) is 1.57. The number of carboxylic acids is 1. The first kappa shape index (κ1) is 13.6. The molecule has 0 fully saturated rings. The Balaban J connectivity index is 3.40. The number of hydrogen-bond donors (Lipinski definition) is 1. The molecule has 1 rings (SSSR count). The average molecular weight is 254 g/mol. The number of nitro benzene ring substituents is 2. The maximum atomic E-state index is 11.0. The highest BCUT2D eigenvalue weighted by atomic mass is 16.6. The maximum Gasteiger partial charge on any atom is 0.311 e. The van der Waals surface area contributed by atoms with Gasteiger partial charge in [0.25, 0.3) is 11.4 Å². The summed E-state index contributed by atoms with van der Waals surface area (Å²) >= 11 is 0. The lowest BCUT2D eigenvalue weighted by molar-refractivity contribution is -0.394. The van der Waals surface area contributed by atoms with Crippen LogP contribution < -0.4 is 0 Å². The summed E-state index contributed by atoms with van der Waals surface area (Å²) in [6.07, 6.45) is 0.161. The van der Waals surface area contributed by atoms with Crippen molar-refractivity contribution in [1.82, 2.24) is 0 Å². The molecule has 0 radical (unpaired) electrons. The first-order valence-corrected chi connectivity index (χ1v) is 5.04. The van der Waals surface area contributed by atoms with Gasteiger partial charge in [0.15, 0.2) is 0 Å². The van der Waals surface area contributed by atoms with Crippen LogP contribution in [0.25, 0.3) is 0 Å². The van der Waals surface area contributed by atoms with Crippen LogP contribution in [0.4, 0.5) is 11.4 Å². The second-order valence-corrected chi connectivity index (χ2v) is 3.56. The van der Waals surface area contributed by atoms with Gasteiger partial charge in [-0.25, -0.2) is 0 Å². The zero-order valence-electron chi connectivity index (χ0n) is 9.40. The molecule has 1 aromatic rings. The Labute approximate surface area is 101 Å². The van der Waals surface area contributed by atoms with Crippen molar-refractivity contribution in [2.24, 2.45) is 0 Å². The van der Waals surface area contributed by atoms with Gasteiger partial charge >= 0.3 is 5.97 Å². The fraction of sp³-hybridized carbons (Fsp3) is 0.300. The normalized spacial score (nSPS) is 11.8. The Bertz CT molecular complexity index is 513. The zero-order valence-corrected chi connectivity index (χ0v) is 9.40. The second-order valence-electron chi connectivity index (χ2n) is 3.56. The second kappa shape index (κ2) is 5.21. The number of benzene rings is 1. The third kappa shape index (κ3) is 2.59. The fourth-order valence-electron chi connectivity index (χ4n) is 1.63. The summed E-state index contributed by atoms with van der Waals surface area (Å²) in [5, 5.41) is 30.3. The minimum absolute atomic E-state index is 0.0272. The highest BCUT2D eigenvalue weighted by Gasteiger charge is 2.28. The van der Waals surface area contributed by atoms with E-state index in [-0.39, 0.29) is 12.0 Å². The molecule has 0 unspecified atom stereocenters. The van der Waals surface area contributed by atoms with Crippen LogP contribution in [0.15, 0.2) is 18.2 Å². The van der Waals surface area contributed by atoms with Crippen molar-refractivity contribution >= 4 is 17.3 Å². The van der Waals surface area contributed by atoms with E-state index >= 15 is 0 Å². The molecule has 0 saturated carbocycles. The number of nitro groups is 2. The molecule has 0 bridgehead atoms. The summed E-state index contributed by atoms with van der Waals surface area (Å²) in [5.41, 5.74) is -1.01. The Morgan fingerprint density at radius 2 is 1.94 bits per heavy atom. The number of aliphatic carboxylic acids is 1. The molecular formula is C10H10N2O6. The summed E-state index contributed by atoms with van der Waals surface area (Å²) in [4.78, 5) is 30.7. The van der Waals surface area contributed by atoms with Crippen molar-refractivity contribution in [3.8, 4) is 0 Å². The summed E-state index contributed by atoms with van der Waals surface area (Å²) in [7, 11) is 0. The number of nitrogens with zero attached hydrogens (tertiary/aromatic N) is 2. The molecule has 0 spiro atoms. The minimum Gasteiger partial charge on any atom is -0.481 e. The molecule has 0 aliphatic rings. The molecule has 0 aliphatic carbocycles. The van der Waals surface area contributed by atoms with Crippen LogP contribution in [0.5, 0.6) is 0 Å². The molecule has 0 aromatic heterocycles. The predicted molar refractivity (Wildman–Crippen MR) is 60.4 cm³/mol. The van der Waals surface area contributed by atoms with Gasteiger partial charge in [0, 0.05) is 11.6 Å². The SMILES string of the molecule is CC[C@H](C(=O)O)c1ccc([N+](=O)[O-])cc1[N+](=O)[O-]. The van der Waals surface area contributed by atoms with Crippen LogP contribution in [0.3, 0.4) is 0 Å². The van der Waals surface area contributed by atoms with Gasteiger partial charge in [0.1, 0.15) is 0 Å². The maximum absolute atomic E-state index is 11.0.